The van der Waals surface area contributed by atoms with Crippen molar-refractivity contribution in [3.05, 3.63) is 23.8 Å². The molecule has 2 saturated heterocycles. The molecule has 2 unspecified atom stereocenters. The maximum atomic E-state index is 12.8. The van der Waals surface area contributed by atoms with Gasteiger partial charge in [0.25, 0.3) is 0 Å². The number of hydrogen-bond donors (Lipinski definition) is 2. The quantitative estimate of drug-likeness (QED) is 0.838. The minimum Gasteiger partial charge on any atom is -0.391 e. The van der Waals surface area contributed by atoms with Crippen molar-refractivity contribution < 1.29 is 9.90 Å². The number of nitrogens with zero attached hydrogens (tertiary/aromatic N) is 3. The van der Waals surface area contributed by atoms with Gasteiger partial charge in [0.2, 0.25) is 0 Å². The molecule has 0 radical (unpaired) electrons. The second-order valence-corrected chi connectivity index (χ2v) is 8.52. The van der Waals surface area contributed by atoms with Crippen molar-refractivity contribution in [2.24, 2.45) is 0 Å². The van der Waals surface area contributed by atoms with Crippen LogP contribution in [0.15, 0.2) is 18.2 Å². The van der Waals surface area contributed by atoms with Gasteiger partial charge in [-0.1, -0.05) is 18.9 Å². The number of rotatable bonds is 3. The van der Waals surface area contributed by atoms with E-state index in [9.17, 15) is 9.90 Å². The molecule has 2 atom stereocenters. The van der Waals surface area contributed by atoms with Gasteiger partial charge in [-0.25, -0.2) is 4.79 Å². The van der Waals surface area contributed by atoms with Crippen LogP contribution in [0.1, 0.15) is 44.1 Å². The van der Waals surface area contributed by atoms with E-state index in [1.54, 1.807) is 0 Å². The third-order valence-corrected chi connectivity index (χ3v) is 6.76. The summed E-state index contributed by atoms with van der Waals surface area (Å²) in [4.78, 5) is 19.5. The van der Waals surface area contributed by atoms with Crippen LogP contribution in [0.3, 0.4) is 0 Å². The van der Waals surface area contributed by atoms with Gasteiger partial charge >= 0.3 is 6.03 Å². The van der Waals surface area contributed by atoms with Crippen molar-refractivity contribution in [1.29, 1.82) is 0 Å². The van der Waals surface area contributed by atoms with Crippen LogP contribution in [0.25, 0.3) is 0 Å². The highest BCUT2D eigenvalue weighted by molar-refractivity contribution is 5.91. The molecule has 4 rings (SSSR count). The zero-order valence-electron chi connectivity index (χ0n) is 17.1. The lowest BCUT2D eigenvalue weighted by molar-refractivity contribution is 0.00275. The summed E-state index contributed by atoms with van der Waals surface area (Å²) in [5, 5.41) is 13.4. The van der Waals surface area contributed by atoms with Gasteiger partial charge in [-0.15, -0.1) is 0 Å². The number of nitrogens with one attached hydrogen (secondary N) is 1. The fourth-order valence-electron chi connectivity index (χ4n) is 5.03. The zero-order chi connectivity index (χ0) is 19.5. The standard InChI is InChI=1S/C22H34N4O2/c1-17-18(7-6-9-19(17)24-11-4-5-12-24)23-22(28)26-15-13-25(14-16-26)20-8-2-3-10-21(20)27/h6-7,9,20-21,27H,2-5,8,10-16H2,1H3,(H,23,28). The molecule has 1 saturated carbocycles. The van der Waals surface area contributed by atoms with Crippen LogP contribution in [0.2, 0.25) is 0 Å². The molecule has 3 fully saturated rings. The van der Waals surface area contributed by atoms with Gasteiger partial charge < -0.3 is 20.2 Å². The number of anilines is 2. The average molecular weight is 387 g/mol. The van der Waals surface area contributed by atoms with Crippen molar-refractivity contribution in [3.8, 4) is 0 Å². The van der Waals surface area contributed by atoms with Gasteiger partial charge in [-0.2, -0.15) is 0 Å². The number of amides is 2. The van der Waals surface area contributed by atoms with Crippen LogP contribution in [0, 0.1) is 6.92 Å². The molecule has 2 heterocycles. The van der Waals surface area contributed by atoms with Crippen LogP contribution < -0.4 is 10.2 Å². The van der Waals surface area contributed by atoms with E-state index < -0.39 is 0 Å². The van der Waals surface area contributed by atoms with E-state index in [-0.39, 0.29) is 18.2 Å². The fourth-order valence-corrected chi connectivity index (χ4v) is 5.03. The second kappa shape index (κ2) is 8.70. The Labute approximate surface area is 168 Å². The monoisotopic (exact) mass is 386 g/mol. The number of carbonyl (C=O) groups is 1. The van der Waals surface area contributed by atoms with Gasteiger partial charge in [0, 0.05) is 56.7 Å². The number of carbonyl (C=O) groups excluding carboxylic acids is 1. The SMILES string of the molecule is Cc1c(NC(=O)N2CCN(C3CCCCC3O)CC2)cccc1N1CCCC1. The maximum absolute atomic E-state index is 12.8. The fraction of sp³-hybridized carbons (Fsp3) is 0.682. The highest BCUT2D eigenvalue weighted by atomic mass is 16.3. The van der Waals surface area contributed by atoms with E-state index in [1.165, 1.54) is 24.9 Å². The molecule has 0 spiro atoms. The van der Waals surface area contributed by atoms with Gasteiger partial charge in [0.15, 0.2) is 0 Å². The molecule has 2 N–H and O–H groups in total. The molecule has 2 amide bonds. The van der Waals surface area contributed by atoms with Crippen LogP contribution in [0.5, 0.6) is 0 Å². The number of piperazine rings is 1. The lowest BCUT2D eigenvalue weighted by atomic mass is 9.91. The molecule has 1 aliphatic carbocycles. The molecule has 0 bridgehead atoms. The van der Waals surface area contributed by atoms with Crippen LogP contribution >= 0.6 is 0 Å². The van der Waals surface area contributed by atoms with E-state index in [0.717, 1.165) is 69.8 Å². The molecule has 28 heavy (non-hydrogen) atoms. The molecule has 6 nitrogen and oxygen atoms in total. The van der Waals surface area contributed by atoms with E-state index >= 15 is 0 Å². The van der Waals surface area contributed by atoms with Gasteiger partial charge in [0.05, 0.1) is 6.10 Å². The summed E-state index contributed by atoms with van der Waals surface area (Å²) in [7, 11) is 0. The van der Waals surface area contributed by atoms with Crippen molar-refractivity contribution in [3.63, 3.8) is 0 Å². The van der Waals surface area contributed by atoms with Crippen molar-refractivity contribution in [2.45, 2.75) is 57.6 Å². The van der Waals surface area contributed by atoms with Crippen molar-refractivity contribution in [2.75, 3.05) is 49.5 Å². The summed E-state index contributed by atoms with van der Waals surface area (Å²) in [6, 6.07) is 6.47. The van der Waals surface area contributed by atoms with E-state index in [2.05, 4.69) is 28.1 Å². The number of benzene rings is 1. The minimum atomic E-state index is -0.204. The Morgan fingerprint density at radius 3 is 2.43 bits per heavy atom. The van der Waals surface area contributed by atoms with Crippen LogP contribution in [-0.4, -0.2) is 72.4 Å². The third kappa shape index (κ3) is 4.13. The number of urea groups is 1. The average Bonchev–Trinajstić information content (AvgIpc) is 3.25. The molecule has 6 heteroatoms. The lowest BCUT2D eigenvalue weighted by Gasteiger charge is -2.42. The van der Waals surface area contributed by atoms with Gasteiger partial charge in [-0.3, -0.25) is 4.90 Å². The Morgan fingerprint density at radius 2 is 1.71 bits per heavy atom. The minimum absolute atomic E-state index is 0.00878. The second-order valence-electron chi connectivity index (χ2n) is 8.52. The number of aliphatic hydroxyl groups is 1. The summed E-state index contributed by atoms with van der Waals surface area (Å²) in [5.41, 5.74) is 3.31. The predicted molar refractivity (Wildman–Crippen MR) is 113 cm³/mol. The van der Waals surface area contributed by atoms with Crippen LogP contribution in [-0.2, 0) is 0 Å². The van der Waals surface area contributed by atoms with Crippen molar-refractivity contribution in [1.82, 2.24) is 9.80 Å². The molecule has 1 aromatic rings. The summed E-state index contributed by atoms with van der Waals surface area (Å²) in [5.74, 6) is 0. The van der Waals surface area contributed by atoms with Gasteiger partial charge in [0.1, 0.15) is 0 Å². The predicted octanol–water partition coefficient (Wildman–Crippen LogP) is 3.05. The first-order valence-corrected chi connectivity index (χ1v) is 11.0. The molecule has 0 aromatic heterocycles. The molecule has 3 aliphatic rings. The summed E-state index contributed by atoms with van der Waals surface area (Å²) >= 11 is 0. The lowest BCUT2D eigenvalue weighted by Crippen LogP contribution is -2.56. The Kier molecular flexibility index (Phi) is 6.07. The van der Waals surface area contributed by atoms with Crippen LogP contribution in [0.4, 0.5) is 16.2 Å². The van der Waals surface area contributed by atoms with Gasteiger partial charge in [-0.05, 0) is 50.3 Å². The Morgan fingerprint density at radius 1 is 1.00 bits per heavy atom. The van der Waals surface area contributed by atoms with E-state index in [0.29, 0.717) is 0 Å². The van der Waals surface area contributed by atoms with E-state index in [4.69, 9.17) is 0 Å². The first-order chi connectivity index (χ1) is 13.6. The highest BCUT2D eigenvalue weighted by Crippen LogP contribution is 2.30. The molecular formula is C22H34N4O2. The van der Waals surface area contributed by atoms with E-state index in [1.807, 2.05) is 17.0 Å². The summed E-state index contributed by atoms with van der Waals surface area (Å²) in [6.07, 6.45) is 6.62. The van der Waals surface area contributed by atoms with Crippen molar-refractivity contribution >= 4 is 17.4 Å². The zero-order valence-corrected chi connectivity index (χ0v) is 17.1. The smallest absolute Gasteiger partial charge is 0.321 e. The summed E-state index contributed by atoms with van der Waals surface area (Å²) in [6.45, 7) is 7.45. The Hall–Kier alpha value is -1.79. The third-order valence-electron chi connectivity index (χ3n) is 6.76. The Bertz CT molecular complexity index is 681. The normalized spacial score (nSPS) is 26.5. The topological polar surface area (TPSA) is 59.1 Å². The number of aliphatic hydroxyl groups excluding tert-OH is 1. The highest BCUT2D eigenvalue weighted by Gasteiger charge is 2.32. The summed E-state index contributed by atoms with van der Waals surface area (Å²) < 4.78 is 0. The first kappa shape index (κ1) is 19.5. The first-order valence-electron chi connectivity index (χ1n) is 11.0. The number of hydrogen-bond acceptors (Lipinski definition) is 4. The molecular weight excluding hydrogens is 352 g/mol. The molecule has 154 valence electrons. The Balaban J connectivity index is 1.34. The molecule has 2 aliphatic heterocycles. The maximum Gasteiger partial charge on any atom is 0.321 e. The largest absolute Gasteiger partial charge is 0.391 e. The molecule has 1 aromatic carbocycles.